The van der Waals surface area contributed by atoms with Crippen LogP contribution in [0.3, 0.4) is 0 Å². The molecule has 72 valence electrons. The fourth-order valence-electron chi connectivity index (χ4n) is 0.918. The van der Waals surface area contributed by atoms with E-state index in [-0.39, 0.29) is 10.9 Å². The van der Waals surface area contributed by atoms with Crippen LogP contribution in [0.15, 0.2) is 29.8 Å². The van der Waals surface area contributed by atoms with E-state index in [1.165, 1.54) is 29.7 Å². The number of ether oxygens (including phenoxy) is 1. The second-order valence-corrected chi connectivity index (χ2v) is 3.31. The van der Waals surface area contributed by atoms with Crippen molar-refractivity contribution in [2.45, 2.75) is 0 Å². The van der Waals surface area contributed by atoms with E-state index in [1.54, 1.807) is 5.38 Å². The second kappa shape index (κ2) is 3.71. The van der Waals surface area contributed by atoms with Crippen LogP contribution in [0, 0.1) is 11.6 Å². The van der Waals surface area contributed by atoms with Gasteiger partial charge >= 0.3 is 0 Å². The lowest BCUT2D eigenvalue weighted by Gasteiger charge is -2.02. The van der Waals surface area contributed by atoms with Crippen molar-refractivity contribution in [2.75, 3.05) is 0 Å². The number of hydrogen-bond donors (Lipinski definition) is 0. The first-order valence-corrected chi connectivity index (χ1v) is 4.66. The molecule has 1 aromatic heterocycles. The van der Waals surface area contributed by atoms with Crippen molar-refractivity contribution in [3.63, 3.8) is 0 Å². The van der Waals surface area contributed by atoms with Gasteiger partial charge in [-0.25, -0.2) is 9.37 Å². The normalized spacial score (nSPS) is 10.1. The zero-order valence-electron chi connectivity index (χ0n) is 6.91. The molecule has 0 fully saturated rings. The van der Waals surface area contributed by atoms with Gasteiger partial charge in [0.05, 0.1) is 0 Å². The summed E-state index contributed by atoms with van der Waals surface area (Å²) in [6.45, 7) is 0. The number of nitrogens with zero attached hydrogens (tertiary/aromatic N) is 1. The maximum absolute atomic E-state index is 13.1. The third-order valence-electron chi connectivity index (χ3n) is 1.52. The highest BCUT2D eigenvalue weighted by atomic mass is 32.1. The molecular formula is C9H5F2NOS. The number of thiazole rings is 1. The molecule has 1 heterocycles. The van der Waals surface area contributed by atoms with Crippen LogP contribution in [-0.2, 0) is 0 Å². The van der Waals surface area contributed by atoms with Crippen LogP contribution in [0.1, 0.15) is 0 Å². The molecule has 2 aromatic rings. The first kappa shape index (κ1) is 9.08. The van der Waals surface area contributed by atoms with Crippen LogP contribution in [0.4, 0.5) is 8.78 Å². The topological polar surface area (TPSA) is 22.1 Å². The predicted octanol–water partition coefficient (Wildman–Crippen LogP) is 3.21. The van der Waals surface area contributed by atoms with Crippen LogP contribution in [-0.4, -0.2) is 4.98 Å². The van der Waals surface area contributed by atoms with E-state index in [9.17, 15) is 8.78 Å². The molecule has 0 saturated carbocycles. The fourth-order valence-corrected chi connectivity index (χ4v) is 1.42. The number of aromatic nitrogens is 1. The Hall–Kier alpha value is -1.49. The van der Waals surface area contributed by atoms with E-state index in [2.05, 4.69) is 4.98 Å². The van der Waals surface area contributed by atoms with Crippen molar-refractivity contribution < 1.29 is 13.5 Å². The molecule has 0 radical (unpaired) electrons. The minimum Gasteiger partial charge on any atom is -0.428 e. The van der Waals surface area contributed by atoms with Gasteiger partial charge in [0.15, 0.2) is 11.6 Å². The van der Waals surface area contributed by atoms with E-state index in [4.69, 9.17) is 4.74 Å². The van der Waals surface area contributed by atoms with Crippen LogP contribution < -0.4 is 4.74 Å². The van der Waals surface area contributed by atoms with Crippen LogP contribution in [0.2, 0.25) is 0 Å². The van der Waals surface area contributed by atoms with Crippen molar-refractivity contribution in [1.29, 1.82) is 0 Å². The molecule has 0 spiro atoms. The Labute approximate surface area is 82.8 Å². The standard InChI is InChI=1S/C9H5F2NOS/c10-6-2-1-3-7(8(6)11)13-9-12-4-5-14-9/h1-5H. The molecule has 0 bridgehead atoms. The van der Waals surface area contributed by atoms with Gasteiger partial charge in [0.25, 0.3) is 5.19 Å². The molecule has 0 aliphatic heterocycles. The minimum absolute atomic E-state index is 0.153. The number of benzene rings is 1. The maximum Gasteiger partial charge on any atom is 0.278 e. The van der Waals surface area contributed by atoms with E-state index < -0.39 is 11.6 Å². The highest BCUT2D eigenvalue weighted by Crippen LogP contribution is 2.26. The van der Waals surface area contributed by atoms with E-state index >= 15 is 0 Å². The summed E-state index contributed by atoms with van der Waals surface area (Å²) in [7, 11) is 0. The summed E-state index contributed by atoms with van der Waals surface area (Å²) >= 11 is 1.21. The summed E-state index contributed by atoms with van der Waals surface area (Å²) in [5.41, 5.74) is 0. The number of halogens is 2. The van der Waals surface area contributed by atoms with E-state index in [0.29, 0.717) is 0 Å². The molecular weight excluding hydrogens is 208 g/mol. The molecule has 0 saturated heterocycles. The summed E-state index contributed by atoms with van der Waals surface area (Å²) in [4.78, 5) is 3.79. The van der Waals surface area contributed by atoms with Gasteiger partial charge in [-0.3, -0.25) is 0 Å². The first-order valence-electron chi connectivity index (χ1n) is 3.79. The third kappa shape index (κ3) is 1.72. The average Bonchev–Trinajstić information content (AvgIpc) is 2.66. The monoisotopic (exact) mass is 213 g/mol. The Bertz CT molecular complexity index is 430. The lowest BCUT2D eigenvalue weighted by atomic mass is 10.3. The molecule has 0 aliphatic carbocycles. The quantitative estimate of drug-likeness (QED) is 0.764. The summed E-state index contributed by atoms with van der Waals surface area (Å²) in [5.74, 6) is -2.08. The van der Waals surface area contributed by atoms with Crippen LogP contribution >= 0.6 is 11.3 Å². The van der Waals surface area contributed by atoms with Gasteiger partial charge in [-0.2, -0.15) is 4.39 Å². The maximum atomic E-state index is 13.1. The Balaban J connectivity index is 2.29. The van der Waals surface area contributed by atoms with Crippen molar-refractivity contribution in [2.24, 2.45) is 0 Å². The Morgan fingerprint density at radius 2 is 2.14 bits per heavy atom. The molecule has 0 aliphatic rings. The molecule has 0 unspecified atom stereocenters. The highest BCUT2D eigenvalue weighted by molar-refractivity contribution is 7.11. The van der Waals surface area contributed by atoms with Gasteiger partial charge in [-0.15, -0.1) is 0 Å². The van der Waals surface area contributed by atoms with Gasteiger partial charge in [0.2, 0.25) is 5.82 Å². The van der Waals surface area contributed by atoms with Crippen molar-refractivity contribution >= 4 is 11.3 Å². The van der Waals surface area contributed by atoms with Gasteiger partial charge in [0.1, 0.15) is 0 Å². The Kier molecular flexibility index (Phi) is 2.41. The van der Waals surface area contributed by atoms with E-state index in [0.717, 1.165) is 6.07 Å². The summed E-state index contributed by atoms with van der Waals surface area (Å²) in [6.07, 6.45) is 1.53. The average molecular weight is 213 g/mol. The van der Waals surface area contributed by atoms with Crippen molar-refractivity contribution in [3.8, 4) is 10.9 Å². The Morgan fingerprint density at radius 1 is 1.29 bits per heavy atom. The summed E-state index contributed by atoms with van der Waals surface area (Å²) < 4.78 is 30.8. The van der Waals surface area contributed by atoms with Gasteiger partial charge in [-0.1, -0.05) is 17.4 Å². The third-order valence-corrected chi connectivity index (χ3v) is 2.17. The van der Waals surface area contributed by atoms with Crippen LogP contribution in [0.25, 0.3) is 0 Å². The van der Waals surface area contributed by atoms with Gasteiger partial charge in [0, 0.05) is 11.6 Å². The first-order chi connectivity index (χ1) is 6.77. The molecule has 0 amide bonds. The lowest BCUT2D eigenvalue weighted by molar-refractivity contribution is 0.414. The molecule has 14 heavy (non-hydrogen) atoms. The summed E-state index contributed by atoms with van der Waals surface area (Å²) in [5, 5.41) is 1.97. The molecule has 2 rings (SSSR count). The molecule has 2 nitrogen and oxygen atoms in total. The molecule has 5 heteroatoms. The smallest absolute Gasteiger partial charge is 0.278 e. The minimum atomic E-state index is -0.997. The highest BCUT2D eigenvalue weighted by Gasteiger charge is 2.10. The molecule has 0 atom stereocenters. The van der Waals surface area contributed by atoms with Gasteiger partial charge in [-0.05, 0) is 12.1 Å². The molecule has 1 aromatic carbocycles. The second-order valence-electron chi connectivity index (χ2n) is 2.45. The number of hydrogen-bond acceptors (Lipinski definition) is 3. The van der Waals surface area contributed by atoms with Gasteiger partial charge < -0.3 is 4.74 Å². The van der Waals surface area contributed by atoms with Crippen molar-refractivity contribution in [3.05, 3.63) is 41.4 Å². The Morgan fingerprint density at radius 3 is 2.86 bits per heavy atom. The molecule has 0 N–H and O–H groups in total. The fraction of sp³-hybridized carbons (Fsp3) is 0. The summed E-state index contributed by atoms with van der Waals surface area (Å²) in [6, 6.07) is 3.76. The lowest BCUT2D eigenvalue weighted by Crippen LogP contribution is -1.90. The largest absolute Gasteiger partial charge is 0.428 e. The zero-order chi connectivity index (χ0) is 9.97. The zero-order valence-corrected chi connectivity index (χ0v) is 7.72. The van der Waals surface area contributed by atoms with Crippen LogP contribution in [0.5, 0.6) is 10.9 Å². The SMILES string of the molecule is Fc1cccc(Oc2nccs2)c1F. The number of rotatable bonds is 2. The van der Waals surface area contributed by atoms with Crippen molar-refractivity contribution in [1.82, 2.24) is 4.98 Å². The predicted molar refractivity (Wildman–Crippen MR) is 48.5 cm³/mol. The van der Waals surface area contributed by atoms with E-state index in [1.807, 2.05) is 0 Å².